The monoisotopic (exact) mass is 600 g/mol. The minimum Gasteiger partial charge on any atom is -0.480 e. The molecule has 7 rings (SSSR count). The van der Waals surface area contributed by atoms with Crippen LogP contribution in [0.1, 0.15) is 65.0 Å². The number of carboxylic acid groups (broad SMARTS) is 1. The van der Waals surface area contributed by atoms with E-state index in [1.165, 1.54) is 0 Å². The molecule has 1 saturated heterocycles. The summed E-state index contributed by atoms with van der Waals surface area (Å²) in [7, 11) is 0. The summed E-state index contributed by atoms with van der Waals surface area (Å²) in [5.41, 5.74) is 2.12. The Bertz CT molecular complexity index is 1560. The Morgan fingerprint density at radius 2 is 1.73 bits per heavy atom. The van der Waals surface area contributed by atoms with E-state index in [0.29, 0.717) is 49.5 Å². The summed E-state index contributed by atoms with van der Waals surface area (Å²) in [5.74, 6) is 0.0280. The standard InChI is InChI=1S/C33H36N4O7/c38-28-12-15-34-32(42)33(13-16-37(17-14-33)30(39)29-25-6-1-2-7-27(25)44-36-29)20-22-4-3-5-24(18-22)43-23-10-8-21(9-11-23)19-26(35-28)31(40)41/h3-5,8-11,18,26H,1-2,6-7,12-17,19-20H2,(H,34,42)(H,35,38)(H,40,41)/t26-/m0/s1. The average Bonchev–Trinajstić information content (AvgIpc) is 3.45. The maximum Gasteiger partial charge on any atom is 0.326 e. The van der Waals surface area contributed by atoms with Crippen molar-refractivity contribution in [1.82, 2.24) is 20.7 Å². The average molecular weight is 601 g/mol. The van der Waals surface area contributed by atoms with Crippen molar-refractivity contribution in [2.75, 3.05) is 19.6 Å². The first-order valence-electron chi connectivity index (χ1n) is 15.2. The molecule has 3 aliphatic heterocycles. The summed E-state index contributed by atoms with van der Waals surface area (Å²) in [6.45, 7) is 0.804. The Labute approximate surface area is 254 Å². The predicted molar refractivity (Wildman–Crippen MR) is 158 cm³/mol. The lowest BCUT2D eigenvalue weighted by Gasteiger charge is -2.40. The number of aryl methyl sites for hydroxylation is 1. The van der Waals surface area contributed by atoms with Crippen LogP contribution in [0.3, 0.4) is 0 Å². The van der Waals surface area contributed by atoms with Gasteiger partial charge in [0.05, 0.1) is 5.41 Å². The van der Waals surface area contributed by atoms with Crippen LogP contribution in [0.5, 0.6) is 11.5 Å². The van der Waals surface area contributed by atoms with E-state index < -0.39 is 23.3 Å². The Morgan fingerprint density at radius 3 is 2.50 bits per heavy atom. The van der Waals surface area contributed by atoms with E-state index >= 15 is 0 Å². The van der Waals surface area contributed by atoms with Crippen molar-refractivity contribution in [3.63, 3.8) is 0 Å². The van der Waals surface area contributed by atoms with Gasteiger partial charge >= 0.3 is 5.97 Å². The number of carbonyl (C=O) groups is 4. The van der Waals surface area contributed by atoms with Crippen LogP contribution in [0.25, 0.3) is 0 Å². The van der Waals surface area contributed by atoms with Crippen LogP contribution in [0.2, 0.25) is 0 Å². The van der Waals surface area contributed by atoms with Gasteiger partial charge in [-0.15, -0.1) is 0 Å². The summed E-state index contributed by atoms with van der Waals surface area (Å²) in [6.07, 6.45) is 4.91. The fourth-order valence-corrected chi connectivity index (χ4v) is 6.44. The normalized spacial score (nSPS) is 20.5. The molecule has 2 aromatic carbocycles. The minimum atomic E-state index is -1.14. The van der Waals surface area contributed by atoms with Gasteiger partial charge in [0, 0.05) is 44.5 Å². The second-order valence-electron chi connectivity index (χ2n) is 12.0. The first-order valence-corrected chi connectivity index (χ1v) is 15.2. The summed E-state index contributed by atoms with van der Waals surface area (Å²) < 4.78 is 11.6. The van der Waals surface area contributed by atoms with Gasteiger partial charge in [0.1, 0.15) is 23.3 Å². The third kappa shape index (κ3) is 6.31. The van der Waals surface area contributed by atoms with Gasteiger partial charge in [-0.3, -0.25) is 14.4 Å². The zero-order valence-corrected chi connectivity index (χ0v) is 24.5. The van der Waals surface area contributed by atoms with E-state index in [-0.39, 0.29) is 31.2 Å². The Kier molecular flexibility index (Phi) is 8.36. The molecule has 44 heavy (non-hydrogen) atoms. The number of hydrogen-bond donors (Lipinski definition) is 3. The van der Waals surface area contributed by atoms with Crippen molar-refractivity contribution in [1.29, 1.82) is 0 Å². The number of carboxylic acids is 1. The highest BCUT2D eigenvalue weighted by Gasteiger charge is 2.43. The summed E-state index contributed by atoms with van der Waals surface area (Å²) in [4.78, 5) is 53.6. The lowest BCUT2D eigenvalue weighted by molar-refractivity contribution is -0.142. The number of rotatable bonds is 2. The highest BCUT2D eigenvalue weighted by Crippen LogP contribution is 2.38. The molecule has 0 radical (unpaired) electrons. The maximum atomic E-state index is 13.8. The van der Waals surface area contributed by atoms with Crippen molar-refractivity contribution >= 4 is 23.7 Å². The van der Waals surface area contributed by atoms with Gasteiger partial charge in [0.15, 0.2) is 5.69 Å². The molecule has 4 bridgehead atoms. The summed E-state index contributed by atoms with van der Waals surface area (Å²) in [6, 6.07) is 13.6. The number of aliphatic carboxylic acids is 1. The van der Waals surface area contributed by atoms with E-state index in [9.17, 15) is 24.3 Å². The van der Waals surface area contributed by atoms with Crippen molar-refractivity contribution < 1.29 is 33.5 Å². The van der Waals surface area contributed by atoms with Gasteiger partial charge in [-0.2, -0.15) is 0 Å². The molecule has 3 aromatic rings. The fourth-order valence-electron chi connectivity index (χ4n) is 6.44. The van der Waals surface area contributed by atoms with E-state index in [1.807, 2.05) is 24.3 Å². The van der Waals surface area contributed by atoms with Gasteiger partial charge in [0.25, 0.3) is 5.91 Å². The molecule has 1 atom stereocenters. The Morgan fingerprint density at radius 1 is 0.955 bits per heavy atom. The second-order valence-corrected chi connectivity index (χ2v) is 12.0. The number of ether oxygens (including phenoxy) is 1. The fraction of sp³-hybridized carbons (Fsp3) is 0.424. The largest absolute Gasteiger partial charge is 0.480 e. The minimum absolute atomic E-state index is 0.0598. The zero-order valence-electron chi connectivity index (χ0n) is 24.5. The van der Waals surface area contributed by atoms with E-state index in [1.54, 1.807) is 29.2 Å². The van der Waals surface area contributed by atoms with E-state index in [2.05, 4.69) is 15.8 Å². The molecule has 230 valence electrons. The molecule has 3 amide bonds. The number of nitrogens with one attached hydrogen (secondary N) is 2. The first-order chi connectivity index (χ1) is 21.3. The van der Waals surface area contributed by atoms with Crippen LogP contribution in [-0.2, 0) is 40.1 Å². The Hall–Kier alpha value is -4.67. The van der Waals surface area contributed by atoms with Crippen LogP contribution in [-0.4, -0.2) is 64.5 Å². The van der Waals surface area contributed by atoms with Crippen LogP contribution < -0.4 is 15.4 Å². The number of carbonyl (C=O) groups excluding carboxylic acids is 3. The zero-order chi connectivity index (χ0) is 30.7. The second kappa shape index (κ2) is 12.5. The molecule has 1 spiro atoms. The molecular weight excluding hydrogens is 564 g/mol. The van der Waals surface area contributed by atoms with Crippen LogP contribution in [0.15, 0.2) is 53.1 Å². The number of hydrogen-bond acceptors (Lipinski definition) is 7. The third-order valence-electron chi connectivity index (χ3n) is 8.95. The summed E-state index contributed by atoms with van der Waals surface area (Å²) in [5, 5.41) is 19.3. The van der Waals surface area contributed by atoms with E-state index in [4.69, 9.17) is 9.26 Å². The number of fused-ring (bicyclic) bond motifs is 10. The van der Waals surface area contributed by atoms with Gasteiger partial charge in [-0.05, 0) is 73.9 Å². The number of amides is 3. The lowest BCUT2D eigenvalue weighted by atomic mass is 9.72. The molecule has 1 aromatic heterocycles. The molecular formula is C33H36N4O7. The molecule has 4 aliphatic rings. The first kappa shape index (κ1) is 29.4. The molecule has 1 aliphatic carbocycles. The molecule has 11 heteroatoms. The number of piperidine rings is 1. The molecule has 0 unspecified atom stereocenters. The van der Waals surface area contributed by atoms with Gasteiger partial charge in [-0.25, -0.2) is 4.79 Å². The van der Waals surface area contributed by atoms with E-state index in [0.717, 1.165) is 48.1 Å². The van der Waals surface area contributed by atoms with Crippen molar-refractivity contribution in [2.24, 2.45) is 5.41 Å². The highest BCUT2D eigenvalue weighted by atomic mass is 16.5. The lowest BCUT2D eigenvalue weighted by Crippen LogP contribution is -2.52. The topological polar surface area (TPSA) is 151 Å². The number of likely N-dealkylation sites (tertiary alicyclic amines) is 1. The predicted octanol–water partition coefficient (Wildman–Crippen LogP) is 3.44. The smallest absolute Gasteiger partial charge is 0.326 e. The summed E-state index contributed by atoms with van der Waals surface area (Å²) >= 11 is 0. The highest BCUT2D eigenvalue weighted by molar-refractivity contribution is 5.94. The van der Waals surface area contributed by atoms with Gasteiger partial charge < -0.3 is 29.9 Å². The number of benzene rings is 2. The van der Waals surface area contributed by atoms with Crippen LogP contribution >= 0.6 is 0 Å². The van der Waals surface area contributed by atoms with Crippen LogP contribution in [0.4, 0.5) is 0 Å². The SMILES string of the molecule is O=C1CCNC(=O)C2(CCN(C(=O)c3noc4c3CCCC4)CC2)Cc2cccc(c2)Oc2ccc(cc2)C[C@@H](C(=O)O)N1. The number of aromatic nitrogens is 1. The molecule has 1 fully saturated rings. The van der Waals surface area contributed by atoms with Crippen molar-refractivity contribution in [3.05, 3.63) is 76.7 Å². The quantitative estimate of drug-likeness (QED) is 0.405. The van der Waals surface area contributed by atoms with Crippen molar-refractivity contribution in [3.8, 4) is 11.5 Å². The van der Waals surface area contributed by atoms with Gasteiger partial charge in [0.2, 0.25) is 11.8 Å². The molecule has 0 saturated carbocycles. The van der Waals surface area contributed by atoms with Crippen LogP contribution in [0, 0.1) is 5.41 Å². The molecule has 11 nitrogen and oxygen atoms in total. The van der Waals surface area contributed by atoms with Gasteiger partial charge in [-0.1, -0.05) is 29.4 Å². The number of nitrogens with zero attached hydrogens (tertiary/aromatic N) is 2. The molecule has 3 N–H and O–H groups in total. The maximum absolute atomic E-state index is 13.8. The van der Waals surface area contributed by atoms with Crippen molar-refractivity contribution in [2.45, 2.75) is 63.8 Å². The Balaban J connectivity index is 1.24. The third-order valence-corrected chi connectivity index (χ3v) is 8.95. The molecule has 4 heterocycles.